The fourth-order valence-electron chi connectivity index (χ4n) is 3.81. The summed E-state index contributed by atoms with van der Waals surface area (Å²) in [5.41, 5.74) is 1.52. The average Bonchev–Trinajstić information content (AvgIpc) is 2.77. The van der Waals surface area contributed by atoms with E-state index < -0.39 is 17.1 Å². The Morgan fingerprint density at radius 2 is 1.66 bits per heavy atom. The van der Waals surface area contributed by atoms with E-state index in [2.05, 4.69) is 5.32 Å². The van der Waals surface area contributed by atoms with Crippen molar-refractivity contribution < 1.29 is 23.8 Å². The Labute approximate surface area is 214 Å². The van der Waals surface area contributed by atoms with Gasteiger partial charge in [0, 0.05) is 17.7 Å². The Balaban J connectivity index is 2.27. The zero-order chi connectivity index (χ0) is 26.1. The van der Waals surface area contributed by atoms with Gasteiger partial charge in [-0.2, -0.15) is 0 Å². The third-order valence-corrected chi connectivity index (χ3v) is 5.64. The van der Waals surface area contributed by atoms with Crippen molar-refractivity contribution in [3.8, 4) is 11.1 Å². The molecule has 1 amide bonds. The topological polar surface area (TPSA) is 73.9 Å². The van der Waals surface area contributed by atoms with Crippen molar-refractivity contribution in [2.45, 2.75) is 66.0 Å². The second-order valence-electron chi connectivity index (χ2n) is 9.88. The van der Waals surface area contributed by atoms with Gasteiger partial charge in [0.05, 0.1) is 18.6 Å². The minimum atomic E-state index is -0.924. The van der Waals surface area contributed by atoms with Crippen molar-refractivity contribution in [3.63, 3.8) is 0 Å². The van der Waals surface area contributed by atoms with Crippen LogP contribution in [0.1, 0.15) is 53.5 Å². The van der Waals surface area contributed by atoms with Gasteiger partial charge in [0.15, 0.2) is 0 Å². The molecule has 2 aromatic rings. The Morgan fingerprint density at radius 1 is 0.971 bits per heavy atom. The first-order chi connectivity index (χ1) is 16.5. The number of alkyl carbamates (subject to hydrolysis) is 1. The summed E-state index contributed by atoms with van der Waals surface area (Å²) in [6.45, 7) is 11.9. The number of halogens is 1. The molecule has 2 unspecified atom stereocenters. The van der Waals surface area contributed by atoms with Crippen molar-refractivity contribution in [2.24, 2.45) is 5.41 Å². The van der Waals surface area contributed by atoms with E-state index in [1.54, 1.807) is 6.92 Å². The summed E-state index contributed by atoms with van der Waals surface area (Å²) < 4.78 is 16.5. The van der Waals surface area contributed by atoms with E-state index in [4.69, 9.17) is 25.8 Å². The van der Waals surface area contributed by atoms with E-state index in [0.29, 0.717) is 24.5 Å². The van der Waals surface area contributed by atoms with Gasteiger partial charge >= 0.3 is 12.1 Å². The standard InChI is InChI=1S/C28H38ClNO5/c1-7-33-19-28(6,25(31)34-8-2)18-24(30-26(32)35-27(3,4)5)16-20-12-14-21(15-13-20)22-10-9-11-23(29)17-22/h9-15,17,24H,7-8,16,18-19H2,1-6H3,(H,30,32). The van der Waals surface area contributed by atoms with Gasteiger partial charge in [-0.05, 0) is 83.2 Å². The number of carbonyl (C=O) groups excluding carboxylic acids is 2. The van der Waals surface area contributed by atoms with Crippen LogP contribution in [0.5, 0.6) is 0 Å². The minimum absolute atomic E-state index is 0.197. The van der Waals surface area contributed by atoms with Crippen molar-refractivity contribution in [3.05, 3.63) is 59.1 Å². The van der Waals surface area contributed by atoms with Crippen LogP contribution in [0.3, 0.4) is 0 Å². The molecule has 0 aliphatic rings. The molecule has 0 radical (unpaired) electrons. The second kappa shape index (κ2) is 12.9. The maximum atomic E-state index is 12.8. The van der Waals surface area contributed by atoms with Gasteiger partial charge < -0.3 is 19.5 Å². The van der Waals surface area contributed by atoms with Crippen molar-refractivity contribution >= 4 is 23.7 Å². The normalized spacial score (nSPS) is 14.0. The lowest BCUT2D eigenvalue weighted by Gasteiger charge is -2.32. The van der Waals surface area contributed by atoms with Crippen LogP contribution in [0.4, 0.5) is 4.79 Å². The van der Waals surface area contributed by atoms with Gasteiger partial charge in [0.25, 0.3) is 0 Å². The van der Waals surface area contributed by atoms with Crippen molar-refractivity contribution in [1.29, 1.82) is 0 Å². The summed E-state index contributed by atoms with van der Waals surface area (Å²) in [4.78, 5) is 25.5. The van der Waals surface area contributed by atoms with Crippen molar-refractivity contribution in [1.82, 2.24) is 5.32 Å². The van der Waals surface area contributed by atoms with Gasteiger partial charge in [-0.3, -0.25) is 4.79 Å². The molecule has 2 rings (SSSR count). The lowest BCUT2D eigenvalue weighted by atomic mass is 9.82. The lowest BCUT2D eigenvalue weighted by molar-refractivity contribution is -0.159. The molecule has 2 atom stereocenters. The van der Waals surface area contributed by atoms with E-state index >= 15 is 0 Å². The summed E-state index contributed by atoms with van der Waals surface area (Å²) in [5.74, 6) is -0.347. The third kappa shape index (κ3) is 9.54. The molecular formula is C28H38ClNO5. The van der Waals surface area contributed by atoms with Gasteiger partial charge in [0.1, 0.15) is 5.60 Å². The summed E-state index contributed by atoms with van der Waals surface area (Å²) in [6, 6.07) is 15.4. The highest BCUT2D eigenvalue weighted by Gasteiger charge is 2.38. The smallest absolute Gasteiger partial charge is 0.407 e. The molecule has 35 heavy (non-hydrogen) atoms. The molecule has 0 spiro atoms. The molecule has 7 heteroatoms. The number of carbonyl (C=O) groups is 2. The van der Waals surface area contributed by atoms with Gasteiger partial charge in [0.2, 0.25) is 0 Å². The van der Waals surface area contributed by atoms with Gasteiger partial charge in [-0.15, -0.1) is 0 Å². The predicted molar refractivity (Wildman–Crippen MR) is 140 cm³/mol. The summed E-state index contributed by atoms with van der Waals surface area (Å²) in [5, 5.41) is 3.64. The molecule has 6 nitrogen and oxygen atoms in total. The SMILES string of the molecule is CCOCC(C)(CC(Cc1ccc(-c2cccc(Cl)c2)cc1)NC(=O)OC(C)(C)C)C(=O)OCC. The zero-order valence-corrected chi connectivity index (χ0v) is 22.4. The maximum absolute atomic E-state index is 12.8. The highest BCUT2D eigenvalue weighted by Crippen LogP contribution is 2.29. The molecular weight excluding hydrogens is 466 g/mol. The Morgan fingerprint density at radius 3 is 2.23 bits per heavy atom. The van der Waals surface area contributed by atoms with E-state index in [-0.39, 0.29) is 25.2 Å². The quantitative estimate of drug-likeness (QED) is 0.357. The number of hydrogen-bond donors (Lipinski definition) is 1. The molecule has 0 saturated carbocycles. The number of esters is 1. The number of amides is 1. The second-order valence-corrected chi connectivity index (χ2v) is 10.3. The maximum Gasteiger partial charge on any atom is 0.407 e. The van der Waals surface area contributed by atoms with Crippen LogP contribution in [-0.2, 0) is 25.4 Å². The molecule has 0 aromatic heterocycles. The minimum Gasteiger partial charge on any atom is -0.466 e. The number of benzene rings is 2. The van der Waals surface area contributed by atoms with Crippen LogP contribution in [0.15, 0.2) is 48.5 Å². The van der Waals surface area contributed by atoms with Crippen LogP contribution in [0, 0.1) is 5.41 Å². The zero-order valence-electron chi connectivity index (χ0n) is 21.7. The highest BCUT2D eigenvalue weighted by molar-refractivity contribution is 6.30. The number of nitrogens with one attached hydrogen (secondary N) is 1. The first kappa shape index (κ1) is 28.7. The Bertz CT molecular complexity index is 970. The van der Waals surface area contributed by atoms with Gasteiger partial charge in [-0.1, -0.05) is 48.0 Å². The Kier molecular flexibility index (Phi) is 10.6. The van der Waals surface area contributed by atoms with E-state index in [0.717, 1.165) is 16.7 Å². The molecule has 0 saturated heterocycles. The van der Waals surface area contributed by atoms with E-state index in [1.807, 2.05) is 83.1 Å². The van der Waals surface area contributed by atoms with Crippen LogP contribution in [0.25, 0.3) is 11.1 Å². The van der Waals surface area contributed by atoms with Crippen molar-refractivity contribution in [2.75, 3.05) is 19.8 Å². The van der Waals surface area contributed by atoms with Crippen LogP contribution in [0.2, 0.25) is 5.02 Å². The van der Waals surface area contributed by atoms with Crippen LogP contribution in [-0.4, -0.2) is 43.5 Å². The van der Waals surface area contributed by atoms with E-state index in [9.17, 15) is 9.59 Å². The first-order valence-electron chi connectivity index (χ1n) is 12.0. The molecule has 0 heterocycles. The average molecular weight is 504 g/mol. The monoisotopic (exact) mass is 503 g/mol. The molecule has 0 aliphatic heterocycles. The summed E-state index contributed by atoms with van der Waals surface area (Å²) in [7, 11) is 0. The highest BCUT2D eigenvalue weighted by atomic mass is 35.5. The molecule has 1 N–H and O–H groups in total. The summed E-state index contributed by atoms with van der Waals surface area (Å²) >= 11 is 6.13. The number of hydrogen-bond acceptors (Lipinski definition) is 5. The molecule has 0 bridgehead atoms. The van der Waals surface area contributed by atoms with Crippen LogP contribution < -0.4 is 5.32 Å². The molecule has 0 fully saturated rings. The predicted octanol–water partition coefficient (Wildman–Crippen LogP) is 6.44. The molecule has 2 aromatic carbocycles. The van der Waals surface area contributed by atoms with E-state index in [1.165, 1.54) is 0 Å². The number of rotatable bonds is 11. The Hall–Kier alpha value is -2.57. The number of ether oxygens (including phenoxy) is 3. The van der Waals surface area contributed by atoms with Gasteiger partial charge in [-0.25, -0.2) is 4.79 Å². The third-order valence-electron chi connectivity index (χ3n) is 5.40. The first-order valence-corrected chi connectivity index (χ1v) is 12.4. The summed E-state index contributed by atoms with van der Waals surface area (Å²) in [6.07, 6.45) is 0.317. The fraction of sp³-hybridized carbons (Fsp3) is 0.500. The molecule has 192 valence electrons. The largest absolute Gasteiger partial charge is 0.466 e. The molecule has 0 aliphatic carbocycles. The lowest BCUT2D eigenvalue weighted by Crippen LogP contribution is -2.46. The fourth-order valence-corrected chi connectivity index (χ4v) is 4.00. The van der Waals surface area contributed by atoms with Crippen LogP contribution >= 0.6 is 11.6 Å².